The second-order valence-corrected chi connectivity index (χ2v) is 8.14. The standard InChI is InChI=1S/C17H22O2S/c18-17(11-5-8-14-6-2-1-3-7-14)12-15-9-4-10-16(13-17)20(15)19/h1-3,5-8,15-16,18H,4,9-13H2/b8-5+. The van der Waals surface area contributed by atoms with Crippen molar-refractivity contribution in [1.82, 2.24) is 0 Å². The van der Waals surface area contributed by atoms with Gasteiger partial charge in [0.2, 0.25) is 0 Å². The van der Waals surface area contributed by atoms with Crippen molar-refractivity contribution in [1.29, 1.82) is 0 Å². The Morgan fingerprint density at radius 1 is 1.20 bits per heavy atom. The van der Waals surface area contributed by atoms with Crippen molar-refractivity contribution in [3.8, 4) is 0 Å². The molecule has 2 nitrogen and oxygen atoms in total. The lowest BCUT2D eigenvalue weighted by Crippen LogP contribution is -2.48. The molecular formula is C17H22O2S. The summed E-state index contributed by atoms with van der Waals surface area (Å²) < 4.78 is 12.2. The van der Waals surface area contributed by atoms with Crippen LogP contribution in [0.15, 0.2) is 36.4 Å². The minimum atomic E-state index is -0.708. The van der Waals surface area contributed by atoms with Gasteiger partial charge in [-0.05, 0) is 37.7 Å². The van der Waals surface area contributed by atoms with Gasteiger partial charge in [0.05, 0.1) is 5.60 Å². The Morgan fingerprint density at radius 2 is 1.85 bits per heavy atom. The second-order valence-electron chi connectivity index (χ2n) is 6.15. The number of benzene rings is 1. The number of hydrogen-bond acceptors (Lipinski definition) is 2. The van der Waals surface area contributed by atoms with Gasteiger partial charge >= 0.3 is 0 Å². The van der Waals surface area contributed by atoms with E-state index in [0.717, 1.165) is 18.4 Å². The van der Waals surface area contributed by atoms with Crippen molar-refractivity contribution in [3.05, 3.63) is 42.0 Å². The smallest absolute Gasteiger partial charge is 0.0705 e. The van der Waals surface area contributed by atoms with Gasteiger partial charge < -0.3 is 5.11 Å². The van der Waals surface area contributed by atoms with Crippen LogP contribution in [0.3, 0.4) is 0 Å². The van der Waals surface area contributed by atoms with Crippen LogP contribution < -0.4 is 0 Å². The van der Waals surface area contributed by atoms with E-state index in [9.17, 15) is 9.32 Å². The van der Waals surface area contributed by atoms with Gasteiger partial charge in [-0.25, -0.2) is 0 Å². The fourth-order valence-corrected chi connectivity index (χ4v) is 5.81. The molecule has 3 rings (SSSR count). The molecule has 1 aromatic rings. The number of fused-ring (bicyclic) bond motifs is 2. The fourth-order valence-electron chi connectivity index (χ4n) is 3.52. The molecule has 108 valence electrons. The van der Waals surface area contributed by atoms with Gasteiger partial charge in [-0.2, -0.15) is 0 Å². The molecule has 2 bridgehead atoms. The van der Waals surface area contributed by atoms with Crippen LogP contribution in [0.25, 0.3) is 6.08 Å². The zero-order valence-electron chi connectivity index (χ0n) is 11.7. The molecule has 0 spiro atoms. The third-order valence-electron chi connectivity index (χ3n) is 4.53. The molecule has 1 aromatic carbocycles. The normalized spacial score (nSPS) is 37.1. The third kappa shape index (κ3) is 3.04. The van der Waals surface area contributed by atoms with Crippen molar-refractivity contribution in [2.24, 2.45) is 0 Å². The van der Waals surface area contributed by atoms with E-state index < -0.39 is 16.4 Å². The number of rotatable bonds is 3. The highest BCUT2D eigenvalue weighted by Gasteiger charge is 2.44. The molecule has 0 amide bonds. The van der Waals surface area contributed by atoms with E-state index in [4.69, 9.17) is 0 Å². The van der Waals surface area contributed by atoms with E-state index in [-0.39, 0.29) is 10.5 Å². The van der Waals surface area contributed by atoms with Gasteiger partial charge in [-0.15, -0.1) is 0 Å². The summed E-state index contributed by atoms with van der Waals surface area (Å²) in [6.45, 7) is 0. The Hall–Kier alpha value is -0.930. The maximum Gasteiger partial charge on any atom is 0.0705 e. The molecule has 2 fully saturated rings. The van der Waals surface area contributed by atoms with Gasteiger partial charge in [0, 0.05) is 21.3 Å². The average Bonchev–Trinajstić information content (AvgIpc) is 2.42. The summed E-state index contributed by atoms with van der Waals surface area (Å²) in [5, 5.41) is 11.2. The van der Waals surface area contributed by atoms with E-state index in [1.807, 2.05) is 18.2 Å². The van der Waals surface area contributed by atoms with E-state index >= 15 is 0 Å². The van der Waals surface area contributed by atoms with E-state index in [0.29, 0.717) is 19.3 Å². The highest BCUT2D eigenvalue weighted by Crippen LogP contribution is 2.40. The van der Waals surface area contributed by atoms with Gasteiger partial charge in [0.25, 0.3) is 0 Å². The summed E-state index contributed by atoms with van der Waals surface area (Å²) in [5.74, 6) is 0. The third-order valence-corrected chi connectivity index (χ3v) is 6.65. The zero-order valence-corrected chi connectivity index (χ0v) is 12.5. The zero-order chi connectivity index (χ0) is 14.0. The lowest BCUT2D eigenvalue weighted by Gasteiger charge is -2.43. The van der Waals surface area contributed by atoms with Gasteiger partial charge in [0.1, 0.15) is 0 Å². The highest BCUT2D eigenvalue weighted by molar-refractivity contribution is 7.86. The van der Waals surface area contributed by atoms with Crippen molar-refractivity contribution in [2.75, 3.05) is 0 Å². The first-order valence-electron chi connectivity index (χ1n) is 7.50. The van der Waals surface area contributed by atoms with Crippen molar-refractivity contribution < 1.29 is 9.32 Å². The molecule has 2 heterocycles. The fraction of sp³-hybridized carbons (Fsp3) is 0.529. The first kappa shape index (κ1) is 14.0. The molecule has 2 aliphatic heterocycles. The molecule has 20 heavy (non-hydrogen) atoms. The largest absolute Gasteiger partial charge is 0.389 e. The van der Waals surface area contributed by atoms with Crippen molar-refractivity contribution >= 4 is 16.9 Å². The maximum atomic E-state index is 12.2. The van der Waals surface area contributed by atoms with Gasteiger partial charge in [0.15, 0.2) is 0 Å². The van der Waals surface area contributed by atoms with Crippen LogP contribution >= 0.6 is 0 Å². The molecule has 0 saturated carbocycles. The molecule has 2 unspecified atom stereocenters. The number of hydrogen-bond donors (Lipinski definition) is 1. The van der Waals surface area contributed by atoms with E-state index in [2.05, 4.69) is 24.3 Å². The Bertz CT molecular complexity index is 493. The van der Waals surface area contributed by atoms with Crippen LogP contribution in [0.4, 0.5) is 0 Å². The van der Waals surface area contributed by atoms with Crippen LogP contribution in [0.2, 0.25) is 0 Å². The van der Waals surface area contributed by atoms with Crippen molar-refractivity contribution in [3.63, 3.8) is 0 Å². The lowest BCUT2D eigenvalue weighted by atomic mass is 9.83. The van der Waals surface area contributed by atoms with Crippen LogP contribution in [-0.4, -0.2) is 25.4 Å². The van der Waals surface area contributed by atoms with Crippen LogP contribution in [-0.2, 0) is 10.8 Å². The Labute approximate surface area is 123 Å². The van der Waals surface area contributed by atoms with Crippen LogP contribution in [0, 0.1) is 0 Å². The van der Waals surface area contributed by atoms with Crippen LogP contribution in [0.1, 0.15) is 44.1 Å². The summed E-state index contributed by atoms with van der Waals surface area (Å²) in [5.41, 5.74) is 0.519. The monoisotopic (exact) mass is 290 g/mol. The van der Waals surface area contributed by atoms with Crippen LogP contribution in [0.5, 0.6) is 0 Å². The summed E-state index contributed by atoms with van der Waals surface area (Å²) in [4.78, 5) is 0. The minimum Gasteiger partial charge on any atom is -0.389 e. The number of aliphatic hydroxyl groups is 1. The quantitative estimate of drug-likeness (QED) is 0.927. The average molecular weight is 290 g/mol. The molecular weight excluding hydrogens is 268 g/mol. The Morgan fingerprint density at radius 3 is 2.50 bits per heavy atom. The predicted octanol–water partition coefficient (Wildman–Crippen LogP) is 3.28. The summed E-state index contributed by atoms with van der Waals surface area (Å²) in [7, 11) is -0.708. The van der Waals surface area contributed by atoms with Crippen molar-refractivity contribution in [2.45, 2.75) is 54.6 Å². The molecule has 2 saturated heterocycles. The molecule has 3 heteroatoms. The molecule has 0 radical (unpaired) electrons. The topological polar surface area (TPSA) is 37.3 Å². The summed E-state index contributed by atoms with van der Waals surface area (Å²) in [6, 6.07) is 10.2. The Balaban J connectivity index is 1.65. The first-order valence-corrected chi connectivity index (χ1v) is 8.77. The summed E-state index contributed by atoms with van der Waals surface area (Å²) >= 11 is 0. The summed E-state index contributed by atoms with van der Waals surface area (Å²) in [6.07, 6.45) is 9.44. The molecule has 1 N–H and O–H groups in total. The Kier molecular flexibility index (Phi) is 4.08. The van der Waals surface area contributed by atoms with E-state index in [1.165, 1.54) is 6.42 Å². The lowest BCUT2D eigenvalue weighted by molar-refractivity contribution is 0.0141. The van der Waals surface area contributed by atoms with Gasteiger partial charge in [-0.3, -0.25) is 4.21 Å². The maximum absolute atomic E-state index is 12.2. The minimum absolute atomic E-state index is 0.220. The molecule has 0 aliphatic carbocycles. The second kappa shape index (κ2) is 5.82. The SMILES string of the molecule is O=S1C2CCCC1CC(O)(C/C=C/c1ccccc1)C2. The highest BCUT2D eigenvalue weighted by atomic mass is 32.2. The predicted molar refractivity (Wildman–Crippen MR) is 83.8 cm³/mol. The molecule has 2 aliphatic rings. The molecule has 2 atom stereocenters. The van der Waals surface area contributed by atoms with Gasteiger partial charge in [-0.1, -0.05) is 48.9 Å². The molecule has 0 aromatic heterocycles. The van der Waals surface area contributed by atoms with E-state index in [1.54, 1.807) is 0 Å². The first-order chi connectivity index (χ1) is 9.66.